The molecule has 4 heteroatoms. The van der Waals surface area contributed by atoms with Crippen molar-refractivity contribution in [1.82, 2.24) is 4.90 Å². The number of piperidine rings is 1. The van der Waals surface area contributed by atoms with Gasteiger partial charge >= 0.3 is 0 Å². The molecule has 114 valence electrons. The first-order chi connectivity index (χ1) is 10.2. The average molecular weight is 289 g/mol. The Morgan fingerprint density at radius 1 is 1.29 bits per heavy atom. The van der Waals surface area contributed by atoms with Gasteiger partial charge in [0.25, 0.3) is 0 Å². The fourth-order valence-electron chi connectivity index (χ4n) is 2.47. The smallest absolute Gasteiger partial charge is 0.161 e. The Kier molecular flexibility index (Phi) is 5.39. The summed E-state index contributed by atoms with van der Waals surface area (Å²) < 4.78 is 10.9. The third kappa shape index (κ3) is 3.85. The summed E-state index contributed by atoms with van der Waals surface area (Å²) in [7, 11) is 1.62. The first-order valence-corrected chi connectivity index (χ1v) is 7.44. The van der Waals surface area contributed by atoms with E-state index in [0.717, 1.165) is 36.5 Å². The molecular weight excluding hydrogens is 266 g/mol. The highest BCUT2D eigenvalue weighted by molar-refractivity contribution is 6.00. The molecule has 1 heterocycles. The lowest BCUT2D eigenvalue weighted by Gasteiger charge is -2.26. The molecule has 0 aliphatic carbocycles. The number of ether oxygens (including phenoxy) is 2. The number of Topliss-reactive ketones (excluding diaryl/α,β-unsaturated/α-hetero) is 1. The lowest BCUT2D eigenvalue weighted by atomic mass is 10.0. The molecule has 1 aromatic carbocycles. The van der Waals surface area contributed by atoms with Gasteiger partial charge in [0, 0.05) is 25.1 Å². The van der Waals surface area contributed by atoms with Crippen LogP contribution in [0.25, 0.3) is 6.08 Å². The van der Waals surface area contributed by atoms with Crippen LogP contribution in [0.15, 0.2) is 23.8 Å². The maximum absolute atomic E-state index is 12.0. The molecule has 1 aliphatic rings. The highest BCUT2D eigenvalue weighted by Gasteiger charge is 2.20. The number of carbonyl (C=O) groups is 1. The minimum absolute atomic E-state index is 0.243. The van der Waals surface area contributed by atoms with E-state index in [9.17, 15) is 4.79 Å². The van der Waals surface area contributed by atoms with E-state index in [1.165, 1.54) is 0 Å². The van der Waals surface area contributed by atoms with Crippen LogP contribution < -0.4 is 9.47 Å². The quantitative estimate of drug-likeness (QED) is 0.781. The fraction of sp³-hybridized carbons (Fsp3) is 0.471. The number of hydrogen-bond acceptors (Lipinski definition) is 4. The second kappa shape index (κ2) is 7.27. The monoisotopic (exact) mass is 289 g/mol. The van der Waals surface area contributed by atoms with Gasteiger partial charge in [0.15, 0.2) is 17.3 Å². The van der Waals surface area contributed by atoms with Gasteiger partial charge in [0.2, 0.25) is 0 Å². The van der Waals surface area contributed by atoms with Crippen LogP contribution >= 0.6 is 0 Å². The number of likely N-dealkylation sites (N-methyl/N-ethyl adjacent to an activating group) is 1. The van der Waals surface area contributed by atoms with Crippen LogP contribution in [-0.4, -0.2) is 44.0 Å². The van der Waals surface area contributed by atoms with E-state index in [2.05, 4.69) is 11.8 Å². The summed E-state index contributed by atoms with van der Waals surface area (Å²) >= 11 is 0. The van der Waals surface area contributed by atoms with E-state index >= 15 is 0 Å². The lowest BCUT2D eigenvalue weighted by Crippen LogP contribution is -2.35. The van der Waals surface area contributed by atoms with Crippen molar-refractivity contribution in [2.24, 2.45) is 0 Å². The Bertz CT molecular complexity index is 537. The van der Waals surface area contributed by atoms with Gasteiger partial charge in [-0.3, -0.25) is 9.69 Å². The first kappa shape index (κ1) is 15.6. The summed E-state index contributed by atoms with van der Waals surface area (Å²) in [6.45, 7) is 7.21. The van der Waals surface area contributed by atoms with Crippen molar-refractivity contribution in [1.29, 1.82) is 0 Å². The molecule has 0 amide bonds. The number of ketones is 1. The summed E-state index contributed by atoms with van der Waals surface area (Å²) in [6, 6.07) is 5.76. The van der Waals surface area contributed by atoms with Crippen molar-refractivity contribution < 1.29 is 14.3 Å². The Labute approximate surface area is 126 Å². The van der Waals surface area contributed by atoms with Crippen molar-refractivity contribution in [3.05, 3.63) is 29.3 Å². The van der Waals surface area contributed by atoms with Gasteiger partial charge in [-0.25, -0.2) is 0 Å². The summed E-state index contributed by atoms with van der Waals surface area (Å²) in [5.74, 6) is 1.67. The number of rotatable bonds is 5. The van der Waals surface area contributed by atoms with Crippen LogP contribution in [0.4, 0.5) is 0 Å². The molecule has 1 fully saturated rings. The van der Waals surface area contributed by atoms with E-state index < -0.39 is 0 Å². The average Bonchev–Trinajstić information content (AvgIpc) is 2.51. The molecule has 0 bridgehead atoms. The molecule has 0 radical (unpaired) electrons. The van der Waals surface area contributed by atoms with Crippen LogP contribution in [-0.2, 0) is 4.79 Å². The predicted molar refractivity (Wildman–Crippen MR) is 83.9 cm³/mol. The highest BCUT2D eigenvalue weighted by Crippen LogP contribution is 2.29. The molecule has 4 nitrogen and oxygen atoms in total. The number of carbonyl (C=O) groups excluding carboxylic acids is 1. The van der Waals surface area contributed by atoms with Crippen LogP contribution in [0.2, 0.25) is 0 Å². The Hall–Kier alpha value is -1.81. The zero-order chi connectivity index (χ0) is 15.2. The highest BCUT2D eigenvalue weighted by atomic mass is 16.5. The topological polar surface area (TPSA) is 38.8 Å². The number of methoxy groups -OCH3 is 1. The SMILES string of the molecule is CCOc1ccc(/C=C2\CN(CC)CCC2=O)cc1OC. The second-order valence-electron chi connectivity index (χ2n) is 5.05. The molecule has 0 atom stereocenters. The Balaban J connectivity index is 2.24. The molecule has 0 saturated carbocycles. The van der Waals surface area contributed by atoms with E-state index in [1.807, 2.05) is 31.2 Å². The van der Waals surface area contributed by atoms with Crippen LogP contribution in [0.5, 0.6) is 11.5 Å². The maximum Gasteiger partial charge on any atom is 0.161 e. The van der Waals surface area contributed by atoms with Gasteiger partial charge in [0.1, 0.15) is 0 Å². The normalized spacial score (nSPS) is 18.0. The predicted octanol–water partition coefficient (Wildman–Crippen LogP) is 2.77. The van der Waals surface area contributed by atoms with Gasteiger partial charge in [-0.15, -0.1) is 0 Å². The maximum atomic E-state index is 12.0. The largest absolute Gasteiger partial charge is 0.493 e. The van der Waals surface area contributed by atoms with Crippen LogP contribution in [0, 0.1) is 0 Å². The molecule has 1 aliphatic heterocycles. The van der Waals surface area contributed by atoms with E-state index in [4.69, 9.17) is 9.47 Å². The Morgan fingerprint density at radius 2 is 2.10 bits per heavy atom. The minimum atomic E-state index is 0.243. The molecule has 0 spiro atoms. The van der Waals surface area contributed by atoms with Crippen molar-refractivity contribution in [2.45, 2.75) is 20.3 Å². The zero-order valence-electron chi connectivity index (χ0n) is 13.0. The number of nitrogens with zero attached hydrogens (tertiary/aromatic N) is 1. The summed E-state index contributed by atoms with van der Waals surface area (Å²) in [6.07, 6.45) is 2.57. The van der Waals surface area contributed by atoms with Gasteiger partial charge in [-0.05, 0) is 37.2 Å². The molecular formula is C17H23NO3. The molecule has 1 saturated heterocycles. The molecule has 1 aromatic rings. The number of hydrogen-bond donors (Lipinski definition) is 0. The van der Waals surface area contributed by atoms with Gasteiger partial charge < -0.3 is 9.47 Å². The Morgan fingerprint density at radius 3 is 2.76 bits per heavy atom. The van der Waals surface area contributed by atoms with E-state index in [-0.39, 0.29) is 5.78 Å². The van der Waals surface area contributed by atoms with E-state index in [1.54, 1.807) is 7.11 Å². The third-order valence-corrected chi connectivity index (χ3v) is 3.68. The lowest BCUT2D eigenvalue weighted by molar-refractivity contribution is -0.117. The zero-order valence-corrected chi connectivity index (χ0v) is 13.0. The van der Waals surface area contributed by atoms with Crippen LogP contribution in [0.1, 0.15) is 25.8 Å². The third-order valence-electron chi connectivity index (χ3n) is 3.68. The van der Waals surface area contributed by atoms with Gasteiger partial charge in [0.05, 0.1) is 13.7 Å². The van der Waals surface area contributed by atoms with Crippen LogP contribution in [0.3, 0.4) is 0 Å². The van der Waals surface area contributed by atoms with E-state index in [0.29, 0.717) is 18.8 Å². The van der Waals surface area contributed by atoms with Crippen molar-refractivity contribution in [3.8, 4) is 11.5 Å². The molecule has 0 unspecified atom stereocenters. The summed E-state index contributed by atoms with van der Waals surface area (Å²) in [4.78, 5) is 14.3. The minimum Gasteiger partial charge on any atom is -0.493 e. The number of benzene rings is 1. The van der Waals surface area contributed by atoms with Crippen molar-refractivity contribution >= 4 is 11.9 Å². The van der Waals surface area contributed by atoms with Gasteiger partial charge in [-0.2, -0.15) is 0 Å². The first-order valence-electron chi connectivity index (χ1n) is 7.44. The fourth-order valence-corrected chi connectivity index (χ4v) is 2.47. The van der Waals surface area contributed by atoms with Crippen molar-refractivity contribution in [3.63, 3.8) is 0 Å². The second-order valence-corrected chi connectivity index (χ2v) is 5.05. The standard InChI is InChI=1S/C17H23NO3/c1-4-18-9-8-15(19)14(12-18)10-13-6-7-16(21-5-2)17(11-13)20-3/h6-7,10-11H,4-5,8-9,12H2,1-3H3/b14-10+. The summed E-state index contributed by atoms with van der Waals surface area (Å²) in [5, 5.41) is 0. The molecule has 2 rings (SSSR count). The van der Waals surface area contributed by atoms with Crippen molar-refractivity contribution in [2.75, 3.05) is 33.4 Å². The molecule has 0 aromatic heterocycles. The molecule has 21 heavy (non-hydrogen) atoms. The molecule has 0 N–H and O–H groups in total. The summed E-state index contributed by atoms with van der Waals surface area (Å²) in [5.41, 5.74) is 1.84. The van der Waals surface area contributed by atoms with Gasteiger partial charge in [-0.1, -0.05) is 13.0 Å². The number of likely N-dealkylation sites (tertiary alicyclic amines) is 1.